The molecule has 1 amide bonds. The highest BCUT2D eigenvalue weighted by atomic mass is 35.5. The lowest BCUT2D eigenvalue weighted by Crippen LogP contribution is -2.59. The predicted molar refractivity (Wildman–Crippen MR) is 173 cm³/mol. The molecule has 12 heteroatoms. The van der Waals surface area contributed by atoms with Gasteiger partial charge in [-0.2, -0.15) is 10.1 Å². The van der Waals surface area contributed by atoms with Gasteiger partial charge in [0.25, 0.3) is 0 Å². The second kappa shape index (κ2) is 11.5. The molecule has 1 aliphatic rings. The van der Waals surface area contributed by atoms with Gasteiger partial charge in [0.15, 0.2) is 5.65 Å². The molecule has 4 aromatic rings. The van der Waals surface area contributed by atoms with E-state index in [0.717, 1.165) is 22.5 Å². The smallest absolute Gasteiger partial charge is 0.410 e. The van der Waals surface area contributed by atoms with Gasteiger partial charge in [0.2, 0.25) is 0 Å². The first-order valence-electron chi connectivity index (χ1n) is 14.9. The molecule has 234 valence electrons. The van der Waals surface area contributed by atoms with Gasteiger partial charge in [0.1, 0.15) is 11.4 Å². The third kappa shape index (κ3) is 5.77. The van der Waals surface area contributed by atoms with Crippen LogP contribution in [0.3, 0.4) is 0 Å². The van der Waals surface area contributed by atoms with Crippen LogP contribution < -0.4 is 10.6 Å². The Morgan fingerprint density at radius 1 is 1.11 bits per heavy atom. The molecule has 0 aliphatic carbocycles. The molecule has 0 unspecified atom stereocenters. The molecule has 1 fully saturated rings. The van der Waals surface area contributed by atoms with Crippen molar-refractivity contribution in [3.63, 3.8) is 0 Å². The molecule has 2 atom stereocenters. The van der Waals surface area contributed by atoms with Crippen LogP contribution in [-0.2, 0) is 11.8 Å². The van der Waals surface area contributed by atoms with Gasteiger partial charge in [-0.3, -0.25) is 9.67 Å². The van der Waals surface area contributed by atoms with E-state index in [1.54, 1.807) is 20.3 Å². The molecule has 0 radical (unpaired) electrons. The molecule has 0 spiro atoms. The second-order valence-corrected chi connectivity index (χ2v) is 13.5. The van der Waals surface area contributed by atoms with E-state index in [2.05, 4.69) is 20.0 Å². The first-order chi connectivity index (χ1) is 20.6. The van der Waals surface area contributed by atoms with Gasteiger partial charge in [-0.05, 0) is 72.1 Å². The van der Waals surface area contributed by atoms with Crippen LogP contribution in [0.5, 0.6) is 0 Å². The summed E-state index contributed by atoms with van der Waals surface area (Å²) in [5.74, 6) is 0.515. The third-order valence-corrected chi connectivity index (χ3v) is 8.17. The molecule has 0 saturated carbocycles. The number of pyridine rings is 2. The topological polar surface area (TPSA) is 111 Å². The zero-order valence-corrected chi connectivity index (χ0v) is 27.9. The predicted octanol–water partition coefficient (Wildman–Crippen LogP) is 5.80. The number of ether oxygens (including phenoxy) is 1. The fraction of sp³-hybridized carbons (Fsp3) is 0.500. The number of fused-ring (bicyclic) bond motifs is 1. The van der Waals surface area contributed by atoms with Gasteiger partial charge in [-0.25, -0.2) is 19.1 Å². The molecular formula is C32H41ClN8O3. The van der Waals surface area contributed by atoms with E-state index in [9.17, 15) is 9.59 Å². The van der Waals surface area contributed by atoms with Crippen molar-refractivity contribution in [3.8, 4) is 16.9 Å². The minimum absolute atomic E-state index is 0.0423. The van der Waals surface area contributed by atoms with Crippen LogP contribution in [0.4, 0.5) is 10.6 Å². The van der Waals surface area contributed by atoms with E-state index in [-0.39, 0.29) is 24.1 Å². The summed E-state index contributed by atoms with van der Waals surface area (Å²) >= 11 is 6.96. The zero-order chi connectivity index (χ0) is 32.2. The van der Waals surface area contributed by atoms with E-state index in [0.29, 0.717) is 46.3 Å². The van der Waals surface area contributed by atoms with Crippen LogP contribution >= 0.6 is 11.6 Å². The van der Waals surface area contributed by atoms with Gasteiger partial charge in [-0.1, -0.05) is 25.4 Å². The number of carbonyl (C=O) groups is 1. The van der Waals surface area contributed by atoms with Crippen molar-refractivity contribution >= 4 is 34.5 Å². The van der Waals surface area contributed by atoms with Crippen molar-refractivity contribution in [1.29, 1.82) is 0 Å². The maximum absolute atomic E-state index is 14.2. The summed E-state index contributed by atoms with van der Waals surface area (Å²) in [5.41, 5.74) is 3.74. The summed E-state index contributed by atoms with van der Waals surface area (Å²) in [6.07, 6.45) is 3.26. The number of hydrogen-bond acceptors (Lipinski definition) is 8. The number of amides is 1. The second-order valence-electron chi connectivity index (χ2n) is 13.0. The van der Waals surface area contributed by atoms with Crippen molar-refractivity contribution in [2.45, 2.75) is 85.9 Å². The van der Waals surface area contributed by atoms with E-state index >= 15 is 0 Å². The summed E-state index contributed by atoms with van der Waals surface area (Å²) in [5, 5.41) is 5.53. The Hall–Kier alpha value is -3.99. The highest BCUT2D eigenvalue weighted by Crippen LogP contribution is 2.36. The molecule has 11 nitrogen and oxygen atoms in total. The monoisotopic (exact) mass is 620 g/mol. The lowest BCUT2D eigenvalue weighted by Gasteiger charge is -2.44. The summed E-state index contributed by atoms with van der Waals surface area (Å²) in [7, 11) is 1.84. The van der Waals surface area contributed by atoms with E-state index < -0.39 is 11.3 Å². The number of nitrogens with zero attached hydrogens (tertiary/aromatic N) is 8. The quantitative estimate of drug-likeness (QED) is 0.281. The average molecular weight is 621 g/mol. The summed E-state index contributed by atoms with van der Waals surface area (Å²) < 4.78 is 8.95. The Labute approximate surface area is 262 Å². The molecule has 1 saturated heterocycles. The van der Waals surface area contributed by atoms with Crippen LogP contribution in [0.2, 0.25) is 5.02 Å². The fourth-order valence-electron chi connectivity index (χ4n) is 5.83. The SMILES string of the molecule is Cc1ccnc(C(C)C)c1-n1c(=O)nc(N2C[C@@H](C)N(C(=O)OC(C)(C)C)C[C@@H]2C)c2cc(Cl)c(-c3cn(C)nc3C)nc21. The number of anilines is 1. The Bertz CT molecular complexity index is 1810. The van der Waals surface area contributed by atoms with E-state index in [1.165, 1.54) is 0 Å². The van der Waals surface area contributed by atoms with Crippen molar-refractivity contribution in [2.24, 2.45) is 7.05 Å². The summed E-state index contributed by atoms with van der Waals surface area (Å²) in [6, 6.07) is 3.35. The zero-order valence-electron chi connectivity index (χ0n) is 27.1. The van der Waals surface area contributed by atoms with Crippen molar-refractivity contribution < 1.29 is 9.53 Å². The Morgan fingerprint density at radius 2 is 1.82 bits per heavy atom. The van der Waals surface area contributed by atoms with Crippen LogP contribution in [-0.4, -0.2) is 71.1 Å². The molecular weight excluding hydrogens is 580 g/mol. The molecule has 0 N–H and O–H groups in total. The van der Waals surface area contributed by atoms with Crippen LogP contribution in [0.1, 0.15) is 71.3 Å². The van der Waals surface area contributed by atoms with Crippen molar-refractivity contribution in [1.82, 2.24) is 34.2 Å². The lowest BCUT2D eigenvalue weighted by atomic mass is 10.0. The fourth-order valence-corrected chi connectivity index (χ4v) is 6.08. The highest BCUT2D eigenvalue weighted by Gasteiger charge is 2.36. The molecule has 44 heavy (non-hydrogen) atoms. The normalized spacial score (nSPS) is 17.5. The van der Waals surface area contributed by atoms with Crippen molar-refractivity contribution in [3.05, 3.63) is 57.0 Å². The Morgan fingerprint density at radius 3 is 2.43 bits per heavy atom. The Kier molecular flexibility index (Phi) is 8.22. The van der Waals surface area contributed by atoms with Gasteiger partial charge in [-0.15, -0.1) is 0 Å². The third-order valence-electron chi connectivity index (χ3n) is 7.88. The number of halogens is 1. The number of carbonyl (C=O) groups excluding carboxylic acids is 1. The number of hydrogen-bond donors (Lipinski definition) is 0. The molecule has 0 aromatic carbocycles. The van der Waals surface area contributed by atoms with E-state index in [4.69, 9.17) is 21.3 Å². The number of aromatic nitrogens is 6. The molecule has 0 bridgehead atoms. The minimum Gasteiger partial charge on any atom is -0.444 e. The van der Waals surface area contributed by atoms with E-state index in [1.807, 2.05) is 87.7 Å². The highest BCUT2D eigenvalue weighted by molar-refractivity contribution is 6.34. The molecule has 5 rings (SSSR count). The first kappa shape index (κ1) is 31.4. The number of piperazine rings is 1. The molecule has 1 aliphatic heterocycles. The average Bonchev–Trinajstić information content (AvgIpc) is 3.25. The lowest BCUT2D eigenvalue weighted by molar-refractivity contribution is 0.0130. The summed E-state index contributed by atoms with van der Waals surface area (Å²) in [6.45, 7) is 18.3. The molecule has 4 aromatic heterocycles. The summed E-state index contributed by atoms with van der Waals surface area (Å²) in [4.78, 5) is 45.4. The van der Waals surface area contributed by atoms with Crippen LogP contribution in [0, 0.1) is 13.8 Å². The van der Waals surface area contributed by atoms with Gasteiger partial charge in [0.05, 0.1) is 33.2 Å². The van der Waals surface area contributed by atoms with Crippen molar-refractivity contribution in [2.75, 3.05) is 18.0 Å². The van der Waals surface area contributed by atoms with Crippen LogP contribution in [0.25, 0.3) is 28.0 Å². The maximum atomic E-state index is 14.2. The van der Waals surface area contributed by atoms with Crippen LogP contribution in [0.15, 0.2) is 29.3 Å². The van der Waals surface area contributed by atoms with Gasteiger partial charge >= 0.3 is 11.8 Å². The molecule has 5 heterocycles. The standard InChI is InChI=1S/C32H41ClN8O3/c1-17(2)25-27(18(3)11-12-34-25)41-29-22(13-24(33)26(35-29)23-16-38(10)37-21(23)6)28(36-30(41)42)39-14-20(5)40(15-19(39)4)31(43)44-32(7,8)9/h11-13,16-17,19-20H,14-15H2,1-10H3/t19-,20+/m0/s1. The maximum Gasteiger partial charge on any atom is 0.410 e. The largest absolute Gasteiger partial charge is 0.444 e. The first-order valence-corrected chi connectivity index (χ1v) is 15.3. The minimum atomic E-state index is -0.606. The Balaban J connectivity index is 1.74. The van der Waals surface area contributed by atoms with Gasteiger partial charge < -0.3 is 14.5 Å². The van der Waals surface area contributed by atoms with Gasteiger partial charge in [0, 0.05) is 50.2 Å². The number of rotatable bonds is 4. The number of aryl methyl sites for hydroxylation is 3.